The third kappa shape index (κ3) is 6.33. The maximum Gasteiger partial charge on any atom is 0.344 e. The van der Waals surface area contributed by atoms with Crippen molar-refractivity contribution >= 4 is 67.9 Å². The third-order valence-corrected chi connectivity index (χ3v) is 7.91. The SMILES string of the molecule is CCOC(=O)COc1c(I)cc(Br)cc1/C=c1\sc2n(c1=O)[C@H](c1ccc(F)cc1)C(C(=O)OCC)=C(C)N=2. The quantitative estimate of drug-likeness (QED) is 0.255. The van der Waals surface area contributed by atoms with Gasteiger partial charge in [0.25, 0.3) is 5.56 Å². The molecule has 2 aromatic carbocycles. The monoisotopic (exact) mass is 728 g/mol. The van der Waals surface area contributed by atoms with Gasteiger partial charge in [-0.05, 0) is 79.3 Å². The number of esters is 2. The van der Waals surface area contributed by atoms with Crippen molar-refractivity contribution in [3.8, 4) is 5.75 Å². The van der Waals surface area contributed by atoms with Gasteiger partial charge in [0.15, 0.2) is 11.4 Å². The minimum atomic E-state index is -0.856. The smallest absolute Gasteiger partial charge is 0.344 e. The zero-order chi connectivity index (χ0) is 28.3. The van der Waals surface area contributed by atoms with Crippen LogP contribution in [0, 0.1) is 9.39 Å². The van der Waals surface area contributed by atoms with E-state index in [4.69, 9.17) is 14.2 Å². The van der Waals surface area contributed by atoms with Crippen LogP contribution in [0.1, 0.15) is 37.9 Å². The highest BCUT2D eigenvalue weighted by molar-refractivity contribution is 14.1. The van der Waals surface area contributed by atoms with Gasteiger partial charge in [0.1, 0.15) is 11.6 Å². The molecule has 204 valence electrons. The molecule has 1 aliphatic heterocycles. The minimum Gasteiger partial charge on any atom is -0.480 e. The topological polar surface area (TPSA) is 96.2 Å². The van der Waals surface area contributed by atoms with E-state index in [-0.39, 0.29) is 25.4 Å². The molecule has 1 atom stereocenters. The van der Waals surface area contributed by atoms with Gasteiger partial charge in [-0.25, -0.2) is 19.0 Å². The van der Waals surface area contributed by atoms with Crippen molar-refractivity contribution in [3.05, 3.63) is 92.3 Å². The number of carbonyl (C=O) groups excluding carboxylic acids is 2. The molecule has 39 heavy (non-hydrogen) atoms. The van der Waals surface area contributed by atoms with E-state index in [1.165, 1.54) is 28.8 Å². The second-order valence-electron chi connectivity index (χ2n) is 8.25. The van der Waals surface area contributed by atoms with Gasteiger partial charge in [0.2, 0.25) is 0 Å². The van der Waals surface area contributed by atoms with Crippen molar-refractivity contribution in [3.63, 3.8) is 0 Å². The Kier molecular flexibility index (Phi) is 9.39. The van der Waals surface area contributed by atoms with Crippen LogP contribution in [0.25, 0.3) is 6.08 Å². The number of thiazole rings is 1. The normalized spacial score (nSPS) is 15.0. The summed E-state index contributed by atoms with van der Waals surface area (Å²) in [5.41, 5.74) is 1.32. The van der Waals surface area contributed by atoms with Gasteiger partial charge in [-0.3, -0.25) is 9.36 Å². The highest BCUT2D eigenvalue weighted by Gasteiger charge is 2.33. The van der Waals surface area contributed by atoms with Crippen LogP contribution in [0.4, 0.5) is 4.39 Å². The van der Waals surface area contributed by atoms with Crippen molar-refractivity contribution in [2.24, 2.45) is 4.99 Å². The molecule has 0 aliphatic carbocycles. The molecule has 0 bridgehead atoms. The van der Waals surface area contributed by atoms with Crippen LogP contribution in [0.5, 0.6) is 5.75 Å². The second-order valence-corrected chi connectivity index (χ2v) is 11.3. The molecule has 0 N–H and O–H groups in total. The summed E-state index contributed by atoms with van der Waals surface area (Å²) in [6, 6.07) is 8.36. The van der Waals surface area contributed by atoms with Crippen LogP contribution < -0.4 is 19.6 Å². The maximum atomic E-state index is 13.8. The van der Waals surface area contributed by atoms with E-state index in [1.54, 1.807) is 32.9 Å². The van der Waals surface area contributed by atoms with Gasteiger partial charge < -0.3 is 14.2 Å². The number of fused-ring (bicyclic) bond motifs is 1. The summed E-state index contributed by atoms with van der Waals surface area (Å²) < 4.78 is 33.0. The number of nitrogens with zero attached hydrogens (tertiary/aromatic N) is 2. The first-order valence-corrected chi connectivity index (χ1v) is 14.6. The largest absolute Gasteiger partial charge is 0.480 e. The number of ether oxygens (including phenoxy) is 3. The molecule has 1 aliphatic rings. The molecule has 12 heteroatoms. The van der Waals surface area contributed by atoms with Gasteiger partial charge in [0, 0.05) is 10.0 Å². The number of hydrogen-bond acceptors (Lipinski definition) is 8. The molecule has 0 saturated heterocycles. The molecule has 3 aromatic rings. The molecular weight excluding hydrogens is 706 g/mol. The highest BCUT2D eigenvalue weighted by Crippen LogP contribution is 2.32. The van der Waals surface area contributed by atoms with Crippen LogP contribution in [0.2, 0.25) is 0 Å². The molecule has 0 fully saturated rings. The highest BCUT2D eigenvalue weighted by atomic mass is 127. The first kappa shape index (κ1) is 29.2. The molecule has 1 aromatic heterocycles. The number of hydrogen-bond donors (Lipinski definition) is 0. The Labute approximate surface area is 249 Å². The van der Waals surface area contributed by atoms with Crippen LogP contribution >= 0.6 is 49.9 Å². The third-order valence-electron chi connectivity index (χ3n) is 5.67. The van der Waals surface area contributed by atoms with Gasteiger partial charge >= 0.3 is 11.9 Å². The zero-order valence-electron chi connectivity index (χ0n) is 21.1. The van der Waals surface area contributed by atoms with Gasteiger partial charge in [-0.1, -0.05) is 39.4 Å². The Morgan fingerprint density at radius 2 is 1.87 bits per heavy atom. The molecule has 8 nitrogen and oxygen atoms in total. The first-order valence-electron chi connectivity index (χ1n) is 11.9. The van der Waals surface area contributed by atoms with E-state index in [1.807, 2.05) is 6.07 Å². The lowest BCUT2D eigenvalue weighted by Gasteiger charge is -2.24. The Bertz CT molecular complexity index is 1650. The van der Waals surface area contributed by atoms with Crippen LogP contribution in [0.3, 0.4) is 0 Å². The lowest BCUT2D eigenvalue weighted by atomic mass is 9.96. The maximum absolute atomic E-state index is 13.8. The fourth-order valence-corrected chi connectivity index (χ4v) is 6.81. The van der Waals surface area contributed by atoms with E-state index in [0.29, 0.717) is 31.9 Å². The Balaban J connectivity index is 1.89. The summed E-state index contributed by atoms with van der Waals surface area (Å²) in [5, 5.41) is 0. The number of rotatable bonds is 8. The van der Waals surface area contributed by atoms with Crippen LogP contribution in [0.15, 0.2) is 61.9 Å². The molecule has 0 spiro atoms. The van der Waals surface area contributed by atoms with E-state index in [2.05, 4.69) is 43.5 Å². The van der Waals surface area contributed by atoms with E-state index in [0.717, 1.165) is 19.4 Å². The van der Waals surface area contributed by atoms with E-state index >= 15 is 0 Å². The van der Waals surface area contributed by atoms with Crippen molar-refractivity contribution in [1.29, 1.82) is 0 Å². The number of allylic oxidation sites excluding steroid dienone is 1. The zero-order valence-corrected chi connectivity index (χ0v) is 25.7. The Morgan fingerprint density at radius 1 is 1.18 bits per heavy atom. The Hall–Kier alpha value is -2.84. The molecule has 0 saturated carbocycles. The molecule has 2 heterocycles. The summed E-state index contributed by atoms with van der Waals surface area (Å²) in [6.07, 6.45) is 1.66. The molecule has 0 unspecified atom stereocenters. The van der Waals surface area contributed by atoms with Gasteiger partial charge in [-0.2, -0.15) is 0 Å². The summed E-state index contributed by atoms with van der Waals surface area (Å²) in [5.74, 6) is -1.14. The molecular formula is C27H23BrFIN2O6S. The first-order chi connectivity index (χ1) is 18.6. The lowest BCUT2D eigenvalue weighted by Crippen LogP contribution is -2.39. The van der Waals surface area contributed by atoms with E-state index < -0.39 is 29.4 Å². The summed E-state index contributed by atoms with van der Waals surface area (Å²) in [4.78, 5) is 43.6. The van der Waals surface area contributed by atoms with Crippen molar-refractivity contribution in [2.75, 3.05) is 19.8 Å². The minimum absolute atomic E-state index is 0.145. The van der Waals surface area contributed by atoms with Crippen molar-refractivity contribution in [2.45, 2.75) is 26.8 Å². The summed E-state index contributed by atoms with van der Waals surface area (Å²) >= 11 is 6.71. The predicted octanol–water partition coefficient (Wildman–Crippen LogP) is 4.25. The number of benzene rings is 2. The average Bonchev–Trinajstić information content (AvgIpc) is 3.17. The van der Waals surface area contributed by atoms with Gasteiger partial charge in [-0.15, -0.1) is 0 Å². The standard InChI is InChI=1S/C27H23BrFIN2O6S/c1-4-36-21(33)13-38-24-16(10-17(28)12-19(24)30)11-20-25(34)32-23(15-6-8-18(29)9-7-15)22(26(35)37-5-2)14(3)31-27(32)39-20/h6-12,23H,4-5,13H2,1-3H3/b20-11-/t23-/m1/s1. The fraction of sp³-hybridized carbons (Fsp3) is 0.259. The fourth-order valence-electron chi connectivity index (χ4n) is 4.07. The molecule has 4 rings (SSSR count). The van der Waals surface area contributed by atoms with Gasteiger partial charge in [0.05, 0.1) is 38.6 Å². The van der Waals surface area contributed by atoms with Crippen LogP contribution in [-0.2, 0) is 19.1 Å². The van der Waals surface area contributed by atoms with Crippen molar-refractivity contribution < 1.29 is 28.2 Å². The molecule has 0 radical (unpaired) electrons. The van der Waals surface area contributed by atoms with Crippen LogP contribution in [-0.4, -0.2) is 36.3 Å². The average molecular weight is 729 g/mol. The van der Waals surface area contributed by atoms with E-state index in [9.17, 15) is 18.8 Å². The summed E-state index contributed by atoms with van der Waals surface area (Å²) in [6.45, 7) is 5.16. The molecule has 0 amide bonds. The number of carbonyl (C=O) groups is 2. The summed E-state index contributed by atoms with van der Waals surface area (Å²) in [7, 11) is 0. The Morgan fingerprint density at radius 3 is 2.54 bits per heavy atom. The van der Waals surface area contributed by atoms with Crippen molar-refractivity contribution in [1.82, 2.24) is 4.57 Å². The number of halogens is 3. The lowest BCUT2D eigenvalue weighted by molar-refractivity contribution is -0.145. The predicted molar refractivity (Wildman–Crippen MR) is 156 cm³/mol. The second kappa shape index (κ2) is 12.6. The number of aromatic nitrogens is 1.